The van der Waals surface area contributed by atoms with Crippen LogP contribution in [0.1, 0.15) is 50.3 Å². The smallest absolute Gasteiger partial charge is 0.312 e. The Kier molecular flexibility index (Phi) is 3.05. The second-order valence-electron chi connectivity index (χ2n) is 5.50. The van der Waals surface area contributed by atoms with Gasteiger partial charge in [-0.2, -0.15) is 0 Å². The Hall–Kier alpha value is -1.77. The van der Waals surface area contributed by atoms with Crippen LogP contribution in [-0.4, -0.2) is 15.6 Å². The van der Waals surface area contributed by atoms with Gasteiger partial charge in [0, 0.05) is 17.3 Å². The quantitative estimate of drug-likeness (QED) is 0.904. The predicted octanol–water partition coefficient (Wildman–Crippen LogP) is 3.94. The van der Waals surface area contributed by atoms with Crippen molar-refractivity contribution in [1.29, 1.82) is 0 Å². The van der Waals surface area contributed by atoms with Crippen LogP contribution >= 0.6 is 0 Å². The van der Waals surface area contributed by atoms with Gasteiger partial charge in [0.1, 0.15) is 0 Å². The highest BCUT2D eigenvalue weighted by molar-refractivity contribution is 5.84. The van der Waals surface area contributed by atoms with Gasteiger partial charge in [0.05, 0.1) is 5.92 Å². The molecule has 19 heavy (non-hydrogen) atoms. The van der Waals surface area contributed by atoms with Crippen molar-refractivity contribution in [3.05, 3.63) is 36.0 Å². The summed E-state index contributed by atoms with van der Waals surface area (Å²) in [6.45, 7) is 1.78. The van der Waals surface area contributed by atoms with E-state index in [0.29, 0.717) is 6.04 Å². The van der Waals surface area contributed by atoms with Crippen molar-refractivity contribution < 1.29 is 9.90 Å². The lowest BCUT2D eigenvalue weighted by Crippen LogP contribution is -2.15. The summed E-state index contributed by atoms with van der Waals surface area (Å²) >= 11 is 0. The molecule has 0 radical (unpaired) electrons. The molecule has 2 aromatic rings. The molecule has 0 bridgehead atoms. The summed E-state index contributed by atoms with van der Waals surface area (Å²) in [7, 11) is 0. The highest BCUT2D eigenvalue weighted by Gasteiger charge is 2.26. The van der Waals surface area contributed by atoms with E-state index in [9.17, 15) is 9.90 Å². The van der Waals surface area contributed by atoms with E-state index in [1.807, 2.05) is 18.2 Å². The summed E-state index contributed by atoms with van der Waals surface area (Å²) in [6.07, 6.45) is 4.83. The van der Waals surface area contributed by atoms with Gasteiger partial charge in [-0.15, -0.1) is 0 Å². The number of benzene rings is 1. The number of nitrogens with zero attached hydrogens (tertiary/aromatic N) is 1. The molecular weight excluding hydrogens is 238 g/mol. The number of para-hydroxylation sites is 1. The summed E-state index contributed by atoms with van der Waals surface area (Å²) in [4.78, 5) is 11.3. The van der Waals surface area contributed by atoms with E-state index in [1.165, 1.54) is 18.4 Å². The number of aliphatic carboxylic acids is 1. The first-order valence-electron chi connectivity index (χ1n) is 7.01. The fourth-order valence-corrected chi connectivity index (χ4v) is 3.23. The summed E-state index contributed by atoms with van der Waals surface area (Å²) in [5.74, 6) is -1.20. The molecule has 0 spiro atoms. The molecule has 0 aliphatic heterocycles. The monoisotopic (exact) mass is 257 g/mol. The number of carboxylic acid groups (broad SMARTS) is 1. The van der Waals surface area contributed by atoms with E-state index in [2.05, 4.69) is 16.7 Å². The van der Waals surface area contributed by atoms with Crippen LogP contribution in [-0.2, 0) is 4.79 Å². The fraction of sp³-hybridized carbons (Fsp3) is 0.438. The summed E-state index contributed by atoms with van der Waals surface area (Å²) in [6, 6.07) is 10.7. The Morgan fingerprint density at radius 3 is 2.68 bits per heavy atom. The van der Waals surface area contributed by atoms with Gasteiger partial charge in [-0.25, -0.2) is 0 Å². The zero-order valence-corrected chi connectivity index (χ0v) is 11.2. The van der Waals surface area contributed by atoms with Gasteiger partial charge in [0.15, 0.2) is 0 Å². The SMILES string of the molecule is CC(C(=O)O)c1cc2ccccc2n1C1CCCC1. The molecule has 1 aromatic carbocycles. The van der Waals surface area contributed by atoms with E-state index in [4.69, 9.17) is 0 Å². The Labute approximate surface area is 112 Å². The van der Waals surface area contributed by atoms with Crippen molar-refractivity contribution in [1.82, 2.24) is 4.57 Å². The molecule has 1 aliphatic rings. The minimum absolute atomic E-state index is 0.451. The van der Waals surface area contributed by atoms with Crippen molar-refractivity contribution in [3.63, 3.8) is 0 Å². The lowest BCUT2D eigenvalue weighted by atomic mass is 10.1. The average molecular weight is 257 g/mol. The van der Waals surface area contributed by atoms with Crippen LogP contribution in [0.2, 0.25) is 0 Å². The molecule has 1 fully saturated rings. The third-order valence-corrected chi connectivity index (χ3v) is 4.28. The standard InChI is InChI=1S/C16H19NO2/c1-11(16(18)19)15-10-12-6-2-5-9-14(12)17(15)13-7-3-4-8-13/h2,5-6,9-11,13H,3-4,7-8H2,1H3,(H,18,19). The number of aromatic nitrogens is 1. The molecule has 1 aliphatic carbocycles. The number of carbonyl (C=O) groups is 1. The maximum absolute atomic E-state index is 11.3. The van der Waals surface area contributed by atoms with Crippen LogP contribution in [0.5, 0.6) is 0 Å². The number of rotatable bonds is 3. The molecule has 1 saturated carbocycles. The zero-order chi connectivity index (χ0) is 13.4. The third-order valence-electron chi connectivity index (χ3n) is 4.28. The summed E-state index contributed by atoms with van der Waals surface area (Å²) in [5, 5.41) is 10.5. The molecule has 3 heteroatoms. The van der Waals surface area contributed by atoms with Gasteiger partial charge in [-0.3, -0.25) is 4.79 Å². The van der Waals surface area contributed by atoms with Gasteiger partial charge in [0.25, 0.3) is 0 Å². The fourth-order valence-electron chi connectivity index (χ4n) is 3.23. The predicted molar refractivity (Wildman–Crippen MR) is 75.5 cm³/mol. The second kappa shape index (κ2) is 4.72. The Morgan fingerprint density at radius 1 is 1.32 bits per heavy atom. The van der Waals surface area contributed by atoms with Crippen LogP contribution in [0, 0.1) is 0 Å². The average Bonchev–Trinajstić information content (AvgIpc) is 3.03. The molecule has 1 heterocycles. The topological polar surface area (TPSA) is 42.2 Å². The van der Waals surface area contributed by atoms with Gasteiger partial charge < -0.3 is 9.67 Å². The summed E-state index contributed by atoms with van der Waals surface area (Å²) in [5.41, 5.74) is 2.12. The largest absolute Gasteiger partial charge is 0.481 e. The molecule has 1 atom stereocenters. The number of carboxylic acids is 1. The van der Waals surface area contributed by atoms with Gasteiger partial charge >= 0.3 is 5.97 Å². The minimum Gasteiger partial charge on any atom is -0.481 e. The van der Waals surface area contributed by atoms with Crippen LogP contribution in [0.15, 0.2) is 30.3 Å². The number of fused-ring (bicyclic) bond motifs is 1. The first-order chi connectivity index (χ1) is 9.18. The molecule has 3 rings (SSSR count). The Morgan fingerprint density at radius 2 is 2.00 bits per heavy atom. The molecule has 1 aromatic heterocycles. The van der Waals surface area contributed by atoms with Crippen LogP contribution in [0.25, 0.3) is 10.9 Å². The van der Waals surface area contributed by atoms with Crippen molar-refractivity contribution in [3.8, 4) is 0 Å². The number of hydrogen-bond acceptors (Lipinski definition) is 1. The Bertz CT molecular complexity index is 608. The highest BCUT2D eigenvalue weighted by Crippen LogP contribution is 2.37. The highest BCUT2D eigenvalue weighted by atomic mass is 16.4. The molecule has 0 saturated heterocycles. The zero-order valence-electron chi connectivity index (χ0n) is 11.2. The maximum atomic E-state index is 11.3. The molecular formula is C16H19NO2. The maximum Gasteiger partial charge on any atom is 0.312 e. The van der Waals surface area contributed by atoms with Crippen molar-refractivity contribution in [2.75, 3.05) is 0 Å². The minimum atomic E-state index is -0.748. The van der Waals surface area contributed by atoms with Gasteiger partial charge in [-0.05, 0) is 37.3 Å². The lowest BCUT2D eigenvalue weighted by Gasteiger charge is -2.19. The molecule has 1 N–H and O–H groups in total. The van der Waals surface area contributed by atoms with Gasteiger partial charge in [0.2, 0.25) is 0 Å². The summed E-state index contributed by atoms with van der Waals surface area (Å²) < 4.78 is 2.28. The first-order valence-corrected chi connectivity index (χ1v) is 7.01. The van der Waals surface area contributed by atoms with Crippen molar-refractivity contribution >= 4 is 16.9 Å². The molecule has 100 valence electrons. The van der Waals surface area contributed by atoms with Crippen LogP contribution < -0.4 is 0 Å². The lowest BCUT2D eigenvalue weighted by molar-refractivity contribution is -0.138. The third kappa shape index (κ3) is 2.03. The second-order valence-corrected chi connectivity index (χ2v) is 5.50. The molecule has 3 nitrogen and oxygen atoms in total. The van der Waals surface area contributed by atoms with Gasteiger partial charge in [-0.1, -0.05) is 31.0 Å². The van der Waals surface area contributed by atoms with E-state index in [0.717, 1.165) is 23.9 Å². The van der Waals surface area contributed by atoms with E-state index in [1.54, 1.807) is 6.92 Å². The van der Waals surface area contributed by atoms with E-state index < -0.39 is 11.9 Å². The molecule has 1 unspecified atom stereocenters. The van der Waals surface area contributed by atoms with E-state index in [-0.39, 0.29) is 0 Å². The van der Waals surface area contributed by atoms with Crippen LogP contribution in [0.4, 0.5) is 0 Å². The Balaban J connectivity index is 2.18. The molecule has 0 amide bonds. The van der Waals surface area contributed by atoms with E-state index >= 15 is 0 Å². The van der Waals surface area contributed by atoms with Crippen molar-refractivity contribution in [2.45, 2.75) is 44.6 Å². The normalized spacial score (nSPS) is 17.9. The first kappa shape index (κ1) is 12.3. The number of hydrogen-bond donors (Lipinski definition) is 1. The van der Waals surface area contributed by atoms with Crippen LogP contribution in [0.3, 0.4) is 0 Å². The van der Waals surface area contributed by atoms with Crippen molar-refractivity contribution in [2.24, 2.45) is 0 Å².